The number of nitrogens with one attached hydrogen (secondary N) is 1. The molecular weight excluding hydrogens is 268 g/mol. The zero-order chi connectivity index (χ0) is 15.1. The van der Waals surface area contributed by atoms with Crippen molar-refractivity contribution in [3.63, 3.8) is 0 Å². The van der Waals surface area contributed by atoms with Crippen molar-refractivity contribution in [2.24, 2.45) is 0 Å². The van der Waals surface area contributed by atoms with Crippen LogP contribution in [0.3, 0.4) is 0 Å². The van der Waals surface area contributed by atoms with E-state index in [1.165, 1.54) is 0 Å². The fourth-order valence-electron chi connectivity index (χ4n) is 2.28. The van der Waals surface area contributed by atoms with E-state index in [1.807, 2.05) is 6.92 Å². The van der Waals surface area contributed by atoms with E-state index in [4.69, 9.17) is 9.84 Å². The SMILES string of the molecule is CC(NC(=O)c1ccncc1C#CCCO)C1CCCO1. The number of carbonyl (C=O) groups excluding carboxylic acids is 1. The Morgan fingerprint density at radius 3 is 3.24 bits per heavy atom. The molecule has 1 aromatic heterocycles. The van der Waals surface area contributed by atoms with Crippen molar-refractivity contribution in [1.82, 2.24) is 10.3 Å². The van der Waals surface area contributed by atoms with Crippen molar-refractivity contribution in [2.45, 2.75) is 38.3 Å². The molecule has 0 aromatic carbocycles. The van der Waals surface area contributed by atoms with Crippen LogP contribution >= 0.6 is 0 Å². The fourth-order valence-corrected chi connectivity index (χ4v) is 2.28. The molecule has 0 saturated carbocycles. The maximum Gasteiger partial charge on any atom is 0.252 e. The summed E-state index contributed by atoms with van der Waals surface area (Å²) in [4.78, 5) is 16.3. The number of rotatable bonds is 4. The van der Waals surface area contributed by atoms with Crippen LogP contribution < -0.4 is 5.32 Å². The van der Waals surface area contributed by atoms with Gasteiger partial charge in [0.05, 0.1) is 29.9 Å². The molecular formula is C16H20N2O3. The first-order chi connectivity index (χ1) is 10.2. The topological polar surface area (TPSA) is 71.5 Å². The summed E-state index contributed by atoms with van der Waals surface area (Å²) in [6, 6.07) is 1.62. The minimum atomic E-state index is -0.173. The summed E-state index contributed by atoms with van der Waals surface area (Å²) < 4.78 is 5.58. The molecule has 1 amide bonds. The zero-order valence-corrected chi connectivity index (χ0v) is 12.1. The first kappa shape index (κ1) is 15.5. The van der Waals surface area contributed by atoms with Crippen LogP contribution in [0, 0.1) is 11.8 Å². The molecule has 1 fully saturated rings. The molecule has 0 bridgehead atoms. The van der Waals surface area contributed by atoms with Gasteiger partial charge < -0.3 is 15.2 Å². The summed E-state index contributed by atoms with van der Waals surface area (Å²) in [6.07, 6.45) is 5.61. The summed E-state index contributed by atoms with van der Waals surface area (Å²) in [5.41, 5.74) is 1.07. The minimum Gasteiger partial charge on any atom is -0.395 e. The number of aliphatic hydroxyl groups is 1. The first-order valence-electron chi connectivity index (χ1n) is 7.18. The Morgan fingerprint density at radius 1 is 1.67 bits per heavy atom. The van der Waals surface area contributed by atoms with Gasteiger partial charge >= 0.3 is 0 Å². The van der Waals surface area contributed by atoms with Crippen LogP contribution in [0.4, 0.5) is 0 Å². The maximum atomic E-state index is 12.4. The van der Waals surface area contributed by atoms with Crippen LogP contribution in [0.15, 0.2) is 18.5 Å². The van der Waals surface area contributed by atoms with Gasteiger partial charge in [-0.2, -0.15) is 0 Å². The van der Waals surface area contributed by atoms with Gasteiger partial charge in [0.1, 0.15) is 0 Å². The van der Waals surface area contributed by atoms with Crippen LogP contribution in [-0.4, -0.2) is 41.4 Å². The van der Waals surface area contributed by atoms with Crippen LogP contribution in [0.2, 0.25) is 0 Å². The molecule has 5 heteroatoms. The molecule has 21 heavy (non-hydrogen) atoms. The van der Waals surface area contributed by atoms with Crippen molar-refractivity contribution < 1.29 is 14.6 Å². The molecule has 1 aromatic rings. The molecule has 2 unspecified atom stereocenters. The summed E-state index contributed by atoms with van der Waals surface area (Å²) in [5, 5.41) is 11.7. The number of pyridine rings is 1. The molecule has 2 rings (SSSR count). The molecule has 2 heterocycles. The van der Waals surface area contributed by atoms with Gasteiger partial charge in [-0.25, -0.2) is 0 Å². The van der Waals surface area contributed by atoms with Gasteiger partial charge in [-0.15, -0.1) is 0 Å². The molecule has 2 N–H and O–H groups in total. The Morgan fingerprint density at radius 2 is 2.52 bits per heavy atom. The Balaban J connectivity index is 2.06. The smallest absolute Gasteiger partial charge is 0.252 e. The monoisotopic (exact) mass is 288 g/mol. The van der Waals surface area contributed by atoms with Crippen LogP contribution in [0.25, 0.3) is 0 Å². The Bertz CT molecular complexity index is 542. The van der Waals surface area contributed by atoms with E-state index in [1.54, 1.807) is 18.5 Å². The molecule has 5 nitrogen and oxygen atoms in total. The summed E-state index contributed by atoms with van der Waals surface area (Å²) in [7, 11) is 0. The number of hydrogen-bond acceptors (Lipinski definition) is 4. The number of aliphatic hydroxyl groups excluding tert-OH is 1. The highest BCUT2D eigenvalue weighted by molar-refractivity contribution is 5.96. The van der Waals surface area contributed by atoms with Gasteiger partial charge in [-0.05, 0) is 25.8 Å². The number of aromatic nitrogens is 1. The highest BCUT2D eigenvalue weighted by Gasteiger charge is 2.24. The quantitative estimate of drug-likeness (QED) is 0.814. The lowest BCUT2D eigenvalue weighted by molar-refractivity contribution is 0.0712. The van der Waals surface area contributed by atoms with E-state index >= 15 is 0 Å². The van der Waals surface area contributed by atoms with Gasteiger partial charge in [-0.1, -0.05) is 11.8 Å². The molecule has 1 saturated heterocycles. The van der Waals surface area contributed by atoms with E-state index in [9.17, 15) is 4.79 Å². The second-order valence-electron chi connectivity index (χ2n) is 5.01. The predicted octanol–water partition coefficient (Wildman–Crippen LogP) is 1.11. The van der Waals surface area contributed by atoms with Gasteiger partial charge in [-0.3, -0.25) is 9.78 Å². The predicted molar refractivity (Wildman–Crippen MR) is 78.7 cm³/mol. The lowest BCUT2D eigenvalue weighted by Crippen LogP contribution is -2.41. The van der Waals surface area contributed by atoms with E-state index in [0.717, 1.165) is 19.4 Å². The summed E-state index contributed by atoms with van der Waals surface area (Å²) >= 11 is 0. The van der Waals surface area contributed by atoms with Crippen molar-refractivity contribution in [1.29, 1.82) is 0 Å². The highest BCUT2D eigenvalue weighted by atomic mass is 16.5. The van der Waals surface area contributed by atoms with Crippen molar-refractivity contribution >= 4 is 5.91 Å². The average molecular weight is 288 g/mol. The van der Waals surface area contributed by atoms with Crippen molar-refractivity contribution in [3.05, 3.63) is 29.6 Å². The van der Waals surface area contributed by atoms with Crippen LogP contribution in [-0.2, 0) is 4.74 Å². The van der Waals surface area contributed by atoms with E-state index < -0.39 is 0 Å². The Labute approximate surface area is 124 Å². The molecule has 0 radical (unpaired) electrons. The Kier molecular flexibility index (Phi) is 5.73. The lowest BCUT2D eigenvalue weighted by Gasteiger charge is -2.20. The number of ether oxygens (including phenoxy) is 1. The number of amides is 1. The molecule has 0 spiro atoms. The fraction of sp³-hybridized carbons (Fsp3) is 0.500. The van der Waals surface area contributed by atoms with Gasteiger partial charge in [0.2, 0.25) is 0 Å². The zero-order valence-electron chi connectivity index (χ0n) is 12.1. The highest BCUT2D eigenvalue weighted by Crippen LogP contribution is 2.16. The molecule has 0 aliphatic carbocycles. The molecule has 1 aliphatic heterocycles. The largest absolute Gasteiger partial charge is 0.395 e. The van der Waals surface area contributed by atoms with E-state index in [0.29, 0.717) is 17.5 Å². The number of hydrogen-bond donors (Lipinski definition) is 2. The minimum absolute atomic E-state index is 0.00481. The van der Waals surface area contributed by atoms with E-state index in [-0.39, 0.29) is 24.7 Å². The average Bonchev–Trinajstić information content (AvgIpc) is 3.02. The third-order valence-corrected chi connectivity index (χ3v) is 3.41. The first-order valence-corrected chi connectivity index (χ1v) is 7.18. The third-order valence-electron chi connectivity index (χ3n) is 3.41. The van der Waals surface area contributed by atoms with Crippen molar-refractivity contribution in [2.75, 3.05) is 13.2 Å². The van der Waals surface area contributed by atoms with Crippen molar-refractivity contribution in [3.8, 4) is 11.8 Å². The Hall–Kier alpha value is -1.90. The second kappa shape index (κ2) is 7.77. The molecule has 1 aliphatic rings. The van der Waals surface area contributed by atoms with Gasteiger partial charge in [0, 0.05) is 25.4 Å². The van der Waals surface area contributed by atoms with Crippen LogP contribution in [0.1, 0.15) is 42.1 Å². The molecule has 2 atom stereocenters. The normalized spacial score (nSPS) is 18.7. The maximum absolute atomic E-state index is 12.4. The summed E-state index contributed by atoms with van der Waals surface area (Å²) in [6.45, 7) is 2.72. The molecule has 112 valence electrons. The standard InChI is InChI=1S/C16H20N2O3/c1-12(15-6-4-10-21-15)18-16(20)14-7-8-17-11-13(14)5-2-3-9-19/h7-8,11-12,15,19H,3-4,6,9-10H2,1H3,(H,18,20). The van der Waals surface area contributed by atoms with Crippen LogP contribution in [0.5, 0.6) is 0 Å². The lowest BCUT2D eigenvalue weighted by atomic mass is 10.1. The second-order valence-corrected chi connectivity index (χ2v) is 5.01. The number of nitrogens with zero attached hydrogens (tertiary/aromatic N) is 1. The summed E-state index contributed by atoms with van der Waals surface area (Å²) in [5.74, 6) is 5.51. The third kappa shape index (κ3) is 4.28. The van der Waals surface area contributed by atoms with Gasteiger partial charge in [0.15, 0.2) is 0 Å². The van der Waals surface area contributed by atoms with Gasteiger partial charge in [0.25, 0.3) is 5.91 Å². The van der Waals surface area contributed by atoms with E-state index in [2.05, 4.69) is 22.1 Å². The number of carbonyl (C=O) groups is 1.